The molecule has 0 atom stereocenters. The Labute approximate surface area is 141 Å². The van der Waals surface area contributed by atoms with E-state index in [1.165, 1.54) is 6.26 Å². The molecule has 1 heterocycles. The van der Waals surface area contributed by atoms with Crippen molar-refractivity contribution in [3.63, 3.8) is 0 Å². The molecular formula is C19H22N2O3. The van der Waals surface area contributed by atoms with Crippen LogP contribution in [0.3, 0.4) is 0 Å². The van der Waals surface area contributed by atoms with Gasteiger partial charge in [0.05, 0.1) is 11.8 Å². The van der Waals surface area contributed by atoms with Gasteiger partial charge in [-0.05, 0) is 31.4 Å². The maximum atomic E-state index is 12.6. The molecule has 1 aliphatic rings. The van der Waals surface area contributed by atoms with E-state index in [0.717, 1.165) is 18.4 Å². The number of aryl methyl sites for hydroxylation is 1. The van der Waals surface area contributed by atoms with E-state index < -0.39 is 0 Å². The minimum atomic E-state index is -0.0420. The SMILES string of the molecule is Cc1occc1C(=O)N(CCC(=O)NCc1ccccc1)C1CC1. The summed E-state index contributed by atoms with van der Waals surface area (Å²) in [5.74, 6) is 0.542. The molecule has 0 spiro atoms. The van der Waals surface area contributed by atoms with Crippen molar-refractivity contribution < 1.29 is 14.0 Å². The van der Waals surface area contributed by atoms with Gasteiger partial charge < -0.3 is 14.6 Å². The maximum absolute atomic E-state index is 12.6. The van der Waals surface area contributed by atoms with Gasteiger partial charge in [-0.2, -0.15) is 0 Å². The molecule has 0 bridgehead atoms. The Balaban J connectivity index is 1.52. The lowest BCUT2D eigenvalue weighted by atomic mass is 10.2. The first-order chi connectivity index (χ1) is 11.6. The van der Waals surface area contributed by atoms with Crippen molar-refractivity contribution in [2.24, 2.45) is 0 Å². The van der Waals surface area contributed by atoms with Crippen LogP contribution >= 0.6 is 0 Å². The van der Waals surface area contributed by atoms with Crippen molar-refractivity contribution >= 4 is 11.8 Å². The number of amides is 2. The molecule has 2 amide bonds. The van der Waals surface area contributed by atoms with Gasteiger partial charge in [0.25, 0.3) is 5.91 Å². The molecule has 0 saturated heterocycles. The third kappa shape index (κ3) is 4.04. The number of furan rings is 1. The lowest BCUT2D eigenvalue weighted by Gasteiger charge is -2.22. The standard InChI is InChI=1S/C19H22N2O3/c1-14-17(10-12-24-14)19(23)21(16-7-8-16)11-9-18(22)20-13-15-5-3-2-4-6-15/h2-6,10,12,16H,7-9,11,13H2,1H3,(H,20,22). The van der Waals surface area contributed by atoms with E-state index in [1.54, 1.807) is 17.9 Å². The van der Waals surface area contributed by atoms with E-state index >= 15 is 0 Å². The smallest absolute Gasteiger partial charge is 0.257 e. The van der Waals surface area contributed by atoms with Crippen molar-refractivity contribution in [3.05, 3.63) is 59.5 Å². The van der Waals surface area contributed by atoms with Gasteiger partial charge >= 0.3 is 0 Å². The summed E-state index contributed by atoms with van der Waals surface area (Å²) in [6.07, 6.45) is 3.86. The van der Waals surface area contributed by atoms with E-state index in [1.807, 2.05) is 30.3 Å². The molecule has 24 heavy (non-hydrogen) atoms. The quantitative estimate of drug-likeness (QED) is 0.851. The summed E-state index contributed by atoms with van der Waals surface area (Å²) in [7, 11) is 0. The molecule has 1 aromatic heterocycles. The fourth-order valence-electron chi connectivity index (χ4n) is 2.70. The molecular weight excluding hydrogens is 304 g/mol. The molecule has 126 valence electrons. The van der Waals surface area contributed by atoms with Crippen LogP contribution in [0, 0.1) is 6.92 Å². The van der Waals surface area contributed by atoms with Gasteiger partial charge in [-0.3, -0.25) is 9.59 Å². The Kier molecular flexibility index (Phi) is 4.99. The second-order valence-corrected chi connectivity index (χ2v) is 6.13. The first kappa shape index (κ1) is 16.3. The average molecular weight is 326 g/mol. The van der Waals surface area contributed by atoms with Crippen molar-refractivity contribution in [3.8, 4) is 0 Å². The van der Waals surface area contributed by atoms with Crippen LogP contribution in [0.5, 0.6) is 0 Å². The highest BCUT2D eigenvalue weighted by Crippen LogP contribution is 2.29. The molecule has 1 aromatic carbocycles. The van der Waals surface area contributed by atoms with Gasteiger partial charge in [0, 0.05) is 25.6 Å². The van der Waals surface area contributed by atoms with E-state index in [9.17, 15) is 9.59 Å². The largest absolute Gasteiger partial charge is 0.469 e. The zero-order chi connectivity index (χ0) is 16.9. The van der Waals surface area contributed by atoms with Gasteiger partial charge in [0.15, 0.2) is 0 Å². The molecule has 1 aliphatic carbocycles. The number of nitrogens with one attached hydrogen (secondary N) is 1. The highest BCUT2D eigenvalue weighted by atomic mass is 16.3. The average Bonchev–Trinajstić information content (AvgIpc) is 3.34. The zero-order valence-corrected chi connectivity index (χ0v) is 13.8. The lowest BCUT2D eigenvalue weighted by Crippen LogP contribution is -2.36. The van der Waals surface area contributed by atoms with Crippen LogP contribution in [-0.2, 0) is 11.3 Å². The second kappa shape index (κ2) is 7.34. The van der Waals surface area contributed by atoms with Crippen LogP contribution in [0.4, 0.5) is 0 Å². The monoisotopic (exact) mass is 326 g/mol. The highest BCUT2D eigenvalue weighted by Gasteiger charge is 2.34. The fourth-order valence-corrected chi connectivity index (χ4v) is 2.70. The molecule has 1 fully saturated rings. The van der Waals surface area contributed by atoms with Crippen molar-refractivity contribution in [2.45, 2.75) is 38.8 Å². The second-order valence-electron chi connectivity index (χ2n) is 6.13. The minimum Gasteiger partial charge on any atom is -0.469 e. The minimum absolute atomic E-state index is 0.0405. The molecule has 1 saturated carbocycles. The van der Waals surface area contributed by atoms with Crippen LogP contribution in [-0.4, -0.2) is 29.3 Å². The third-order valence-electron chi connectivity index (χ3n) is 4.25. The Morgan fingerprint density at radius 2 is 1.96 bits per heavy atom. The molecule has 5 heteroatoms. The van der Waals surface area contributed by atoms with Crippen LogP contribution in [0.25, 0.3) is 0 Å². The van der Waals surface area contributed by atoms with Crippen molar-refractivity contribution in [1.82, 2.24) is 10.2 Å². The number of hydrogen-bond acceptors (Lipinski definition) is 3. The topological polar surface area (TPSA) is 62.6 Å². The number of hydrogen-bond donors (Lipinski definition) is 1. The van der Waals surface area contributed by atoms with Crippen LogP contribution in [0.1, 0.15) is 40.9 Å². The van der Waals surface area contributed by atoms with Gasteiger partial charge in [0.1, 0.15) is 5.76 Å². The molecule has 0 aliphatic heterocycles. The highest BCUT2D eigenvalue weighted by molar-refractivity contribution is 5.95. The summed E-state index contributed by atoms with van der Waals surface area (Å²) in [5, 5.41) is 2.90. The Hall–Kier alpha value is -2.56. The first-order valence-electron chi connectivity index (χ1n) is 8.31. The van der Waals surface area contributed by atoms with Gasteiger partial charge in [-0.1, -0.05) is 30.3 Å². The maximum Gasteiger partial charge on any atom is 0.257 e. The van der Waals surface area contributed by atoms with Crippen LogP contribution in [0.15, 0.2) is 47.1 Å². The van der Waals surface area contributed by atoms with Crippen molar-refractivity contribution in [1.29, 1.82) is 0 Å². The molecule has 3 rings (SSSR count). The summed E-state index contributed by atoms with van der Waals surface area (Å²) < 4.78 is 5.22. The van der Waals surface area contributed by atoms with E-state index in [0.29, 0.717) is 30.8 Å². The Bertz CT molecular complexity index is 704. The predicted octanol–water partition coefficient (Wildman–Crippen LogP) is 2.90. The number of rotatable bonds is 7. The summed E-state index contributed by atoms with van der Waals surface area (Å²) in [6.45, 7) is 2.73. The number of carbonyl (C=O) groups is 2. The zero-order valence-electron chi connectivity index (χ0n) is 13.8. The lowest BCUT2D eigenvalue weighted by molar-refractivity contribution is -0.121. The molecule has 2 aromatic rings. The molecule has 5 nitrogen and oxygen atoms in total. The third-order valence-corrected chi connectivity index (χ3v) is 4.25. The van der Waals surface area contributed by atoms with Crippen molar-refractivity contribution in [2.75, 3.05) is 6.54 Å². The van der Waals surface area contributed by atoms with Gasteiger partial charge in [0.2, 0.25) is 5.91 Å². The van der Waals surface area contributed by atoms with Crippen LogP contribution < -0.4 is 5.32 Å². The summed E-state index contributed by atoms with van der Waals surface area (Å²) in [4.78, 5) is 26.5. The molecule has 1 N–H and O–H groups in total. The summed E-state index contributed by atoms with van der Waals surface area (Å²) in [6, 6.07) is 11.7. The number of carbonyl (C=O) groups excluding carboxylic acids is 2. The van der Waals surface area contributed by atoms with Crippen LogP contribution in [0.2, 0.25) is 0 Å². The number of nitrogens with zero attached hydrogens (tertiary/aromatic N) is 1. The predicted molar refractivity (Wildman–Crippen MR) is 90.4 cm³/mol. The van der Waals surface area contributed by atoms with Gasteiger partial charge in [-0.25, -0.2) is 0 Å². The van der Waals surface area contributed by atoms with E-state index in [-0.39, 0.29) is 17.9 Å². The van der Waals surface area contributed by atoms with E-state index in [4.69, 9.17) is 4.42 Å². The molecule has 0 unspecified atom stereocenters. The Morgan fingerprint density at radius 1 is 1.21 bits per heavy atom. The normalized spacial score (nSPS) is 13.5. The fraction of sp³-hybridized carbons (Fsp3) is 0.368. The summed E-state index contributed by atoms with van der Waals surface area (Å²) >= 11 is 0. The first-order valence-corrected chi connectivity index (χ1v) is 8.31. The van der Waals surface area contributed by atoms with Gasteiger partial charge in [-0.15, -0.1) is 0 Å². The molecule has 0 radical (unpaired) electrons. The summed E-state index contributed by atoms with van der Waals surface area (Å²) in [5.41, 5.74) is 1.65. The Morgan fingerprint density at radius 3 is 2.58 bits per heavy atom. The number of benzene rings is 1. The van der Waals surface area contributed by atoms with E-state index in [2.05, 4.69) is 5.32 Å².